The minimum absolute atomic E-state index is 0.372. The summed E-state index contributed by atoms with van der Waals surface area (Å²) in [6.07, 6.45) is 0. The lowest BCUT2D eigenvalue weighted by Crippen LogP contribution is -2.08. The van der Waals surface area contributed by atoms with Gasteiger partial charge in [0.05, 0.1) is 5.69 Å². The van der Waals surface area contributed by atoms with Crippen molar-refractivity contribution >= 4 is 10.9 Å². The van der Waals surface area contributed by atoms with Crippen molar-refractivity contribution in [2.24, 2.45) is 5.73 Å². The van der Waals surface area contributed by atoms with Gasteiger partial charge in [0, 0.05) is 23.5 Å². The van der Waals surface area contributed by atoms with Crippen molar-refractivity contribution < 1.29 is 4.74 Å². The van der Waals surface area contributed by atoms with Gasteiger partial charge in [-0.3, -0.25) is 0 Å². The third kappa shape index (κ3) is 3.25. The van der Waals surface area contributed by atoms with E-state index in [0.717, 1.165) is 11.3 Å². The van der Waals surface area contributed by atoms with Crippen LogP contribution in [0.15, 0.2) is 48.5 Å². The fourth-order valence-corrected chi connectivity index (χ4v) is 3.03. The van der Waals surface area contributed by atoms with Gasteiger partial charge in [-0.25, -0.2) is 0 Å². The maximum absolute atomic E-state index is 6.00. The number of aryl methyl sites for hydroxylation is 1. The highest BCUT2D eigenvalue weighted by molar-refractivity contribution is 5.82. The Hall–Kier alpha value is -2.26. The number of rotatable bonds is 5. The van der Waals surface area contributed by atoms with Gasteiger partial charge >= 0.3 is 0 Å². The number of aromatic nitrogens is 1. The molecule has 1 heterocycles. The molecule has 3 rings (SSSR count). The van der Waals surface area contributed by atoms with Crippen molar-refractivity contribution in [1.82, 2.24) is 4.57 Å². The average molecular weight is 308 g/mol. The molecule has 0 fully saturated rings. The first-order chi connectivity index (χ1) is 11.1. The Bertz CT molecular complexity index is 818. The van der Waals surface area contributed by atoms with Crippen LogP contribution in [0.1, 0.15) is 36.7 Å². The van der Waals surface area contributed by atoms with Gasteiger partial charge in [0.1, 0.15) is 12.4 Å². The molecule has 2 aromatic carbocycles. The van der Waals surface area contributed by atoms with Crippen molar-refractivity contribution in [3.63, 3.8) is 0 Å². The van der Waals surface area contributed by atoms with E-state index < -0.39 is 0 Å². The summed E-state index contributed by atoms with van der Waals surface area (Å²) in [5.41, 5.74) is 10.6. The molecule has 0 bridgehead atoms. The summed E-state index contributed by atoms with van der Waals surface area (Å²) in [5.74, 6) is 0.910. The van der Waals surface area contributed by atoms with Crippen LogP contribution in [0.2, 0.25) is 0 Å². The predicted octanol–water partition coefficient (Wildman–Crippen LogP) is 4.57. The van der Waals surface area contributed by atoms with Gasteiger partial charge in [-0.1, -0.05) is 24.3 Å². The summed E-state index contributed by atoms with van der Waals surface area (Å²) in [5, 5.41) is 1.23. The minimum atomic E-state index is 0.372. The molecule has 3 nitrogen and oxygen atoms in total. The van der Waals surface area contributed by atoms with Gasteiger partial charge in [-0.2, -0.15) is 0 Å². The van der Waals surface area contributed by atoms with Gasteiger partial charge in [0.2, 0.25) is 0 Å². The first-order valence-corrected chi connectivity index (χ1v) is 8.11. The molecule has 0 unspecified atom stereocenters. The number of ether oxygens (including phenoxy) is 1. The van der Waals surface area contributed by atoms with Crippen LogP contribution in [-0.4, -0.2) is 4.57 Å². The molecule has 0 aliphatic rings. The predicted molar refractivity (Wildman–Crippen MR) is 95.7 cm³/mol. The van der Waals surface area contributed by atoms with Gasteiger partial charge in [-0.15, -0.1) is 0 Å². The van der Waals surface area contributed by atoms with E-state index in [9.17, 15) is 0 Å². The zero-order valence-electron chi connectivity index (χ0n) is 14.0. The molecule has 3 heteroatoms. The summed E-state index contributed by atoms with van der Waals surface area (Å²) < 4.78 is 8.34. The number of fused-ring (bicyclic) bond motifs is 1. The van der Waals surface area contributed by atoms with Gasteiger partial charge in [-0.05, 0) is 56.2 Å². The Labute approximate surface area is 137 Å². The number of hydrogen-bond donors (Lipinski definition) is 1. The smallest absolute Gasteiger partial charge is 0.128 e. The summed E-state index contributed by atoms with van der Waals surface area (Å²) in [6, 6.07) is 17.2. The lowest BCUT2D eigenvalue weighted by atomic mass is 10.1. The highest BCUT2D eigenvalue weighted by Gasteiger charge is 2.12. The summed E-state index contributed by atoms with van der Waals surface area (Å²) in [6.45, 7) is 7.60. The summed E-state index contributed by atoms with van der Waals surface area (Å²) in [7, 11) is 0. The Morgan fingerprint density at radius 1 is 1.09 bits per heavy atom. The van der Waals surface area contributed by atoms with E-state index in [2.05, 4.69) is 61.7 Å². The third-order valence-corrected chi connectivity index (χ3v) is 4.11. The molecule has 0 amide bonds. The van der Waals surface area contributed by atoms with Crippen LogP contribution in [-0.2, 0) is 13.2 Å². The van der Waals surface area contributed by atoms with E-state index in [0.29, 0.717) is 19.2 Å². The third-order valence-electron chi connectivity index (χ3n) is 4.11. The zero-order valence-corrected chi connectivity index (χ0v) is 14.0. The van der Waals surface area contributed by atoms with Crippen LogP contribution in [0.5, 0.6) is 5.75 Å². The fourth-order valence-electron chi connectivity index (χ4n) is 3.03. The lowest BCUT2D eigenvalue weighted by molar-refractivity contribution is 0.293. The maximum atomic E-state index is 6.00. The van der Waals surface area contributed by atoms with E-state index in [1.807, 2.05) is 12.1 Å². The Balaban J connectivity index is 1.94. The topological polar surface area (TPSA) is 40.2 Å². The van der Waals surface area contributed by atoms with Gasteiger partial charge in [0.25, 0.3) is 0 Å². The van der Waals surface area contributed by atoms with E-state index in [1.54, 1.807) is 0 Å². The van der Waals surface area contributed by atoms with Crippen molar-refractivity contribution in [3.8, 4) is 5.75 Å². The molecule has 0 aliphatic heterocycles. The largest absolute Gasteiger partial charge is 0.487 e. The van der Waals surface area contributed by atoms with E-state index in [4.69, 9.17) is 10.5 Å². The summed E-state index contributed by atoms with van der Waals surface area (Å²) in [4.78, 5) is 0. The monoisotopic (exact) mass is 308 g/mol. The second-order valence-corrected chi connectivity index (χ2v) is 6.30. The minimum Gasteiger partial charge on any atom is -0.487 e. The van der Waals surface area contributed by atoms with Crippen LogP contribution in [0.3, 0.4) is 0 Å². The van der Waals surface area contributed by atoms with Crippen molar-refractivity contribution in [2.75, 3.05) is 0 Å². The number of benzene rings is 2. The van der Waals surface area contributed by atoms with Crippen molar-refractivity contribution in [1.29, 1.82) is 0 Å². The first-order valence-electron chi connectivity index (χ1n) is 8.11. The molecule has 2 N–H and O–H groups in total. The van der Waals surface area contributed by atoms with Crippen LogP contribution in [0, 0.1) is 6.92 Å². The standard InChI is InChI=1S/C20H24N2O/c1-14(2)22-18(13-23-19-6-4-5-15(3)9-19)11-17-8-7-16(12-21)10-20(17)22/h4-11,14H,12-13,21H2,1-3H3. The van der Waals surface area contributed by atoms with Crippen molar-refractivity contribution in [2.45, 2.75) is 40.0 Å². The van der Waals surface area contributed by atoms with E-state index >= 15 is 0 Å². The first kappa shape index (κ1) is 15.6. The van der Waals surface area contributed by atoms with Crippen LogP contribution in [0.25, 0.3) is 10.9 Å². The molecule has 0 spiro atoms. The van der Waals surface area contributed by atoms with Crippen LogP contribution >= 0.6 is 0 Å². The fraction of sp³-hybridized carbons (Fsp3) is 0.300. The van der Waals surface area contributed by atoms with Crippen LogP contribution in [0.4, 0.5) is 0 Å². The molecule has 120 valence electrons. The van der Waals surface area contributed by atoms with Gasteiger partial charge in [0.15, 0.2) is 0 Å². The van der Waals surface area contributed by atoms with E-state index in [1.165, 1.54) is 22.2 Å². The molecule has 0 saturated heterocycles. The quantitative estimate of drug-likeness (QED) is 0.750. The second kappa shape index (κ2) is 6.47. The molecular formula is C20H24N2O. The van der Waals surface area contributed by atoms with Crippen molar-refractivity contribution in [3.05, 3.63) is 65.4 Å². The summed E-state index contributed by atoms with van der Waals surface area (Å²) >= 11 is 0. The number of hydrogen-bond acceptors (Lipinski definition) is 2. The Kier molecular flexibility index (Phi) is 4.39. The normalized spacial score (nSPS) is 11.3. The molecule has 0 atom stereocenters. The zero-order chi connectivity index (χ0) is 16.4. The highest BCUT2D eigenvalue weighted by Crippen LogP contribution is 2.26. The number of nitrogens with zero attached hydrogens (tertiary/aromatic N) is 1. The average Bonchev–Trinajstić information content (AvgIpc) is 2.90. The van der Waals surface area contributed by atoms with Crippen LogP contribution < -0.4 is 10.5 Å². The van der Waals surface area contributed by atoms with Gasteiger partial charge < -0.3 is 15.0 Å². The number of nitrogens with two attached hydrogens (primary N) is 1. The second-order valence-electron chi connectivity index (χ2n) is 6.30. The molecule has 0 saturated carbocycles. The molecule has 3 aromatic rings. The molecule has 23 heavy (non-hydrogen) atoms. The lowest BCUT2D eigenvalue weighted by Gasteiger charge is -2.16. The SMILES string of the molecule is Cc1cccc(OCc2cc3ccc(CN)cc3n2C(C)C)c1. The van der Waals surface area contributed by atoms with E-state index in [-0.39, 0.29) is 0 Å². The Morgan fingerprint density at radius 2 is 1.91 bits per heavy atom. The molecular weight excluding hydrogens is 284 g/mol. The molecule has 1 aromatic heterocycles. The Morgan fingerprint density at radius 3 is 2.61 bits per heavy atom. The maximum Gasteiger partial charge on any atom is 0.128 e. The molecule has 0 aliphatic carbocycles. The molecule has 0 radical (unpaired) electrons. The highest BCUT2D eigenvalue weighted by atomic mass is 16.5.